The van der Waals surface area contributed by atoms with Crippen molar-refractivity contribution < 1.29 is 19.0 Å². The van der Waals surface area contributed by atoms with Crippen LogP contribution in [0.25, 0.3) is 6.08 Å². The van der Waals surface area contributed by atoms with E-state index in [1.165, 1.54) is 6.08 Å². The molecule has 1 N–H and O–H groups in total. The molecule has 1 amide bonds. The number of ether oxygens (including phenoxy) is 3. The van der Waals surface area contributed by atoms with Gasteiger partial charge >= 0.3 is 6.01 Å². The second-order valence-corrected chi connectivity index (χ2v) is 6.50. The Morgan fingerprint density at radius 2 is 1.57 bits per heavy atom. The number of hydrogen-bond acceptors (Lipinski definition) is 6. The van der Waals surface area contributed by atoms with Gasteiger partial charge in [-0.2, -0.15) is 0 Å². The maximum absolute atomic E-state index is 12.2. The van der Waals surface area contributed by atoms with Gasteiger partial charge in [-0.05, 0) is 68.0 Å². The van der Waals surface area contributed by atoms with Crippen molar-refractivity contribution in [1.29, 1.82) is 0 Å². The van der Waals surface area contributed by atoms with E-state index >= 15 is 0 Å². The van der Waals surface area contributed by atoms with Crippen LogP contribution in [0.4, 0.5) is 5.69 Å². The molecule has 1 heterocycles. The molecule has 0 radical (unpaired) electrons. The number of aromatic nitrogens is 2. The molecule has 0 aliphatic heterocycles. The van der Waals surface area contributed by atoms with E-state index in [4.69, 9.17) is 14.2 Å². The minimum atomic E-state index is -0.254. The quantitative estimate of drug-likeness (QED) is 0.581. The van der Waals surface area contributed by atoms with Crippen molar-refractivity contribution in [3.05, 3.63) is 71.6 Å². The Labute approximate surface area is 175 Å². The van der Waals surface area contributed by atoms with E-state index < -0.39 is 0 Å². The summed E-state index contributed by atoms with van der Waals surface area (Å²) in [6, 6.07) is 14.6. The first-order chi connectivity index (χ1) is 14.5. The van der Waals surface area contributed by atoms with Crippen LogP contribution in [0.5, 0.6) is 23.3 Å². The average Bonchev–Trinajstić information content (AvgIpc) is 2.72. The fourth-order valence-corrected chi connectivity index (χ4v) is 2.76. The summed E-state index contributed by atoms with van der Waals surface area (Å²) in [5.74, 6) is 1.56. The van der Waals surface area contributed by atoms with Gasteiger partial charge in [0, 0.05) is 23.2 Å². The zero-order valence-corrected chi connectivity index (χ0v) is 17.3. The van der Waals surface area contributed by atoms with E-state index in [0.717, 1.165) is 17.0 Å². The van der Waals surface area contributed by atoms with Crippen LogP contribution in [-0.2, 0) is 4.79 Å². The molecule has 0 saturated carbocycles. The molecule has 1 aromatic heterocycles. The number of methoxy groups -OCH3 is 2. The lowest BCUT2D eigenvalue weighted by Crippen LogP contribution is -2.07. The molecule has 0 spiro atoms. The molecule has 3 aromatic rings. The predicted molar refractivity (Wildman–Crippen MR) is 115 cm³/mol. The fourth-order valence-electron chi connectivity index (χ4n) is 2.76. The Balaban J connectivity index is 1.61. The number of aryl methyl sites for hydroxylation is 2. The number of rotatable bonds is 7. The molecule has 0 bridgehead atoms. The maximum Gasteiger partial charge on any atom is 0.322 e. The van der Waals surface area contributed by atoms with Gasteiger partial charge in [0.05, 0.1) is 14.2 Å². The maximum atomic E-state index is 12.2. The molecular weight excluding hydrogens is 382 g/mol. The molecule has 7 nitrogen and oxygen atoms in total. The first-order valence-electron chi connectivity index (χ1n) is 9.28. The van der Waals surface area contributed by atoms with E-state index in [-0.39, 0.29) is 5.91 Å². The second-order valence-electron chi connectivity index (χ2n) is 6.50. The highest BCUT2D eigenvalue weighted by atomic mass is 16.5. The van der Waals surface area contributed by atoms with Crippen LogP contribution in [0.15, 0.2) is 54.6 Å². The van der Waals surface area contributed by atoms with Crippen LogP contribution < -0.4 is 19.5 Å². The molecule has 154 valence electrons. The number of carbonyl (C=O) groups is 1. The van der Waals surface area contributed by atoms with Crippen molar-refractivity contribution in [3.8, 4) is 23.3 Å². The molecule has 0 saturated heterocycles. The predicted octanol–water partition coefficient (Wildman–Crippen LogP) is 4.55. The average molecular weight is 405 g/mol. The topological polar surface area (TPSA) is 82.6 Å². The van der Waals surface area contributed by atoms with Crippen LogP contribution in [0.3, 0.4) is 0 Å². The summed E-state index contributed by atoms with van der Waals surface area (Å²) in [5, 5.41) is 2.80. The van der Waals surface area contributed by atoms with Gasteiger partial charge in [0.2, 0.25) is 5.91 Å². The zero-order valence-electron chi connectivity index (χ0n) is 17.3. The van der Waals surface area contributed by atoms with Crippen LogP contribution in [0.2, 0.25) is 0 Å². The van der Waals surface area contributed by atoms with E-state index in [2.05, 4.69) is 15.3 Å². The second kappa shape index (κ2) is 9.56. The summed E-state index contributed by atoms with van der Waals surface area (Å²) in [6.07, 6.45) is 3.15. The zero-order chi connectivity index (χ0) is 21.5. The lowest BCUT2D eigenvalue weighted by Gasteiger charge is -2.08. The summed E-state index contributed by atoms with van der Waals surface area (Å²) in [4.78, 5) is 20.7. The van der Waals surface area contributed by atoms with Crippen LogP contribution in [0.1, 0.15) is 17.0 Å². The number of anilines is 1. The highest BCUT2D eigenvalue weighted by Crippen LogP contribution is 2.28. The third kappa shape index (κ3) is 5.57. The molecule has 0 unspecified atom stereocenters. The first kappa shape index (κ1) is 20.9. The number of nitrogens with zero attached hydrogens (tertiary/aromatic N) is 2. The van der Waals surface area contributed by atoms with Gasteiger partial charge in [-0.25, -0.2) is 9.97 Å². The molecule has 0 aliphatic carbocycles. The van der Waals surface area contributed by atoms with Crippen molar-refractivity contribution >= 4 is 17.7 Å². The van der Waals surface area contributed by atoms with Crippen LogP contribution >= 0.6 is 0 Å². The molecule has 0 fully saturated rings. The number of hydrogen-bond donors (Lipinski definition) is 1. The van der Waals surface area contributed by atoms with Gasteiger partial charge in [0.25, 0.3) is 0 Å². The number of carbonyl (C=O) groups excluding carboxylic acids is 1. The highest BCUT2D eigenvalue weighted by Gasteiger charge is 2.05. The minimum Gasteiger partial charge on any atom is -0.493 e. The van der Waals surface area contributed by atoms with Gasteiger partial charge in [0.15, 0.2) is 11.5 Å². The Bertz CT molecular complexity index is 1040. The summed E-state index contributed by atoms with van der Waals surface area (Å²) in [6.45, 7) is 3.77. The summed E-state index contributed by atoms with van der Waals surface area (Å²) < 4.78 is 16.1. The number of amides is 1. The third-order valence-electron chi connectivity index (χ3n) is 4.13. The van der Waals surface area contributed by atoms with E-state index in [9.17, 15) is 4.79 Å². The normalized spacial score (nSPS) is 10.7. The Hall–Kier alpha value is -3.87. The first-order valence-corrected chi connectivity index (χ1v) is 9.28. The summed E-state index contributed by atoms with van der Waals surface area (Å²) in [5.41, 5.74) is 3.14. The molecule has 0 atom stereocenters. The SMILES string of the molecule is COc1ccc(/C=C/C(=O)Nc2ccc(Oc3nc(C)cc(C)n3)cc2)cc1OC. The summed E-state index contributed by atoms with van der Waals surface area (Å²) >= 11 is 0. The van der Waals surface area contributed by atoms with E-state index in [1.54, 1.807) is 56.7 Å². The van der Waals surface area contributed by atoms with Crippen LogP contribution in [0, 0.1) is 13.8 Å². The molecular formula is C23H23N3O4. The lowest BCUT2D eigenvalue weighted by molar-refractivity contribution is -0.111. The molecule has 2 aromatic carbocycles. The van der Waals surface area contributed by atoms with Gasteiger partial charge in [0.1, 0.15) is 5.75 Å². The third-order valence-corrected chi connectivity index (χ3v) is 4.13. The minimum absolute atomic E-state index is 0.254. The lowest BCUT2D eigenvalue weighted by atomic mass is 10.2. The van der Waals surface area contributed by atoms with Crippen LogP contribution in [-0.4, -0.2) is 30.1 Å². The largest absolute Gasteiger partial charge is 0.493 e. The fraction of sp³-hybridized carbons (Fsp3) is 0.174. The molecule has 0 aliphatic rings. The van der Waals surface area contributed by atoms with Crippen molar-refractivity contribution in [2.45, 2.75) is 13.8 Å². The smallest absolute Gasteiger partial charge is 0.322 e. The highest BCUT2D eigenvalue weighted by molar-refractivity contribution is 6.02. The van der Waals surface area contributed by atoms with E-state index in [0.29, 0.717) is 28.9 Å². The standard InChI is InChI=1S/C23H23N3O4/c1-15-13-16(2)25-23(24-15)30-19-9-7-18(8-10-19)26-22(27)12-6-17-5-11-20(28-3)21(14-17)29-4/h5-14H,1-4H3,(H,26,27)/b12-6+. The number of benzene rings is 2. The Morgan fingerprint density at radius 3 is 2.20 bits per heavy atom. The van der Waals surface area contributed by atoms with Crippen molar-refractivity contribution in [2.24, 2.45) is 0 Å². The Kier molecular flexibility index (Phi) is 6.64. The van der Waals surface area contributed by atoms with Gasteiger partial charge < -0.3 is 19.5 Å². The monoisotopic (exact) mass is 405 g/mol. The van der Waals surface area contributed by atoms with Gasteiger partial charge in [-0.15, -0.1) is 0 Å². The van der Waals surface area contributed by atoms with Gasteiger partial charge in [-0.3, -0.25) is 4.79 Å². The van der Waals surface area contributed by atoms with Crippen molar-refractivity contribution in [1.82, 2.24) is 9.97 Å². The molecule has 7 heteroatoms. The molecule has 3 rings (SSSR count). The summed E-state index contributed by atoms with van der Waals surface area (Å²) in [7, 11) is 3.14. The van der Waals surface area contributed by atoms with E-state index in [1.807, 2.05) is 26.0 Å². The van der Waals surface area contributed by atoms with Gasteiger partial charge in [-0.1, -0.05) is 6.07 Å². The number of nitrogens with one attached hydrogen (secondary N) is 1. The van der Waals surface area contributed by atoms with Crippen molar-refractivity contribution in [2.75, 3.05) is 19.5 Å². The molecule has 30 heavy (non-hydrogen) atoms. The van der Waals surface area contributed by atoms with Crippen molar-refractivity contribution in [3.63, 3.8) is 0 Å². The Morgan fingerprint density at radius 1 is 0.900 bits per heavy atom.